The molecule has 0 spiro atoms. The second-order valence-corrected chi connectivity index (χ2v) is 18.6. The first-order chi connectivity index (χ1) is 29.5. The summed E-state index contributed by atoms with van der Waals surface area (Å²) in [5.74, 6) is -0.813. The first kappa shape index (κ1) is 58.5. The maximum Gasteiger partial charge on any atom is 0.472 e. The van der Waals surface area contributed by atoms with Crippen molar-refractivity contribution in [2.45, 2.75) is 193 Å². The summed E-state index contributed by atoms with van der Waals surface area (Å²) in [7, 11) is 1.47. The summed E-state index contributed by atoms with van der Waals surface area (Å²) in [6.07, 6.45) is 54.3. The number of phosphoric ester groups is 1. The van der Waals surface area contributed by atoms with Crippen molar-refractivity contribution in [2.24, 2.45) is 0 Å². The van der Waals surface area contributed by atoms with Gasteiger partial charge in [-0.1, -0.05) is 183 Å². The number of quaternary nitrogens is 1. The second kappa shape index (κ2) is 42.7. The molecule has 0 aliphatic rings. The molecule has 0 fully saturated rings. The lowest BCUT2D eigenvalue weighted by Crippen LogP contribution is -2.37. The molecule has 0 aromatic heterocycles. The molecule has 0 radical (unpaired) electrons. The van der Waals surface area contributed by atoms with E-state index in [1.165, 1.54) is 70.6 Å². The number of nitrogens with zero attached hydrogens (tertiary/aromatic N) is 1. The van der Waals surface area contributed by atoms with Gasteiger partial charge in [0.05, 0.1) is 27.7 Å². The van der Waals surface area contributed by atoms with Gasteiger partial charge in [-0.05, 0) is 64.2 Å². The van der Waals surface area contributed by atoms with E-state index in [0.29, 0.717) is 17.4 Å². The third-order valence-corrected chi connectivity index (χ3v) is 11.0. The number of carbonyl (C=O) groups is 2. The molecule has 0 bridgehead atoms. The Morgan fingerprint density at radius 1 is 0.525 bits per heavy atom. The number of likely N-dealkylation sites (N-methyl/N-ethyl adjacent to an activating group) is 1. The van der Waals surface area contributed by atoms with Crippen molar-refractivity contribution in [2.75, 3.05) is 47.5 Å². The fourth-order valence-electron chi connectivity index (χ4n) is 6.25. The molecule has 0 amide bonds. The number of unbranched alkanes of at least 4 members (excludes halogenated alkanes) is 17. The van der Waals surface area contributed by atoms with Crippen molar-refractivity contribution in [1.29, 1.82) is 0 Å². The monoisotopic (exact) mass is 877 g/mol. The Kier molecular flexibility index (Phi) is 40.9. The van der Waals surface area contributed by atoms with Gasteiger partial charge in [0.2, 0.25) is 0 Å². The fraction of sp³-hybridized carbons (Fsp3) is 0.725. The van der Waals surface area contributed by atoms with Crippen molar-refractivity contribution < 1.29 is 42.1 Å². The van der Waals surface area contributed by atoms with Gasteiger partial charge < -0.3 is 18.9 Å². The van der Waals surface area contributed by atoms with Gasteiger partial charge in [0, 0.05) is 12.8 Å². The third-order valence-electron chi connectivity index (χ3n) is 10.0. The van der Waals surface area contributed by atoms with Gasteiger partial charge in [0.25, 0.3) is 0 Å². The molecular formula is C51H91NO8P+. The molecule has 10 heteroatoms. The van der Waals surface area contributed by atoms with Crippen LogP contribution in [0.25, 0.3) is 0 Å². The number of esters is 2. The summed E-state index contributed by atoms with van der Waals surface area (Å²) in [6.45, 7) is 4.23. The van der Waals surface area contributed by atoms with Gasteiger partial charge in [-0.25, -0.2) is 4.57 Å². The fourth-order valence-corrected chi connectivity index (χ4v) is 6.99. The lowest BCUT2D eigenvalue weighted by Gasteiger charge is -2.24. The molecule has 0 aromatic carbocycles. The summed E-state index contributed by atoms with van der Waals surface area (Å²) >= 11 is 0. The second-order valence-electron chi connectivity index (χ2n) is 17.1. The first-order valence-corrected chi connectivity index (χ1v) is 25.7. The Balaban J connectivity index is 4.02. The van der Waals surface area contributed by atoms with E-state index in [9.17, 15) is 19.0 Å². The maximum atomic E-state index is 12.7. The van der Waals surface area contributed by atoms with Crippen LogP contribution in [0.4, 0.5) is 0 Å². The number of rotatable bonds is 43. The van der Waals surface area contributed by atoms with E-state index in [0.717, 1.165) is 83.5 Å². The zero-order valence-electron chi connectivity index (χ0n) is 39.6. The lowest BCUT2D eigenvalue weighted by molar-refractivity contribution is -0.870. The number of ether oxygens (including phenoxy) is 2. The van der Waals surface area contributed by atoms with Crippen LogP contribution in [0.5, 0.6) is 0 Å². The van der Waals surface area contributed by atoms with Crippen LogP contribution in [0.1, 0.15) is 187 Å². The van der Waals surface area contributed by atoms with Gasteiger partial charge in [-0.15, -0.1) is 0 Å². The maximum absolute atomic E-state index is 12.7. The summed E-state index contributed by atoms with van der Waals surface area (Å²) in [5, 5.41) is 0. The summed E-state index contributed by atoms with van der Waals surface area (Å²) in [6, 6.07) is 0. The minimum absolute atomic E-state index is 0.0296. The van der Waals surface area contributed by atoms with Crippen molar-refractivity contribution in [1.82, 2.24) is 0 Å². The highest BCUT2D eigenvalue weighted by atomic mass is 31.2. The van der Waals surface area contributed by atoms with Crippen molar-refractivity contribution >= 4 is 19.8 Å². The Hall–Kier alpha value is -2.55. The van der Waals surface area contributed by atoms with E-state index in [1.54, 1.807) is 0 Å². The van der Waals surface area contributed by atoms with Gasteiger partial charge >= 0.3 is 19.8 Å². The SMILES string of the molecule is CC/C=C\C/C=C\C/C=C\C/C=C\C/C=C\C/C=C\CCCCCCCCCCCCCCC(=O)OC(COC(=O)CCCCCCCC)COP(=O)(O)OCC[N+](C)(C)C. The molecule has 0 rings (SSSR count). The standard InChI is InChI=1S/C51H90NO8P/c1-6-8-10-12-14-15-16-17-18-19-20-21-22-23-24-25-26-27-28-29-30-31-32-33-34-35-36-37-38-40-42-44-51(54)60-49(47-57-50(53)43-41-39-13-11-9-7-2)48-59-61(55,56)58-46-45-52(3,4)5/h8,10,14-15,17-18,20-21,23-24,26-27,49H,6-7,9,11-13,16,19,22,25,28-48H2,1-5H3/p+1/b10-8-,15-14-,18-17-,21-20-,24-23-,27-26-. The van der Waals surface area contributed by atoms with Crippen LogP contribution in [-0.2, 0) is 32.7 Å². The minimum atomic E-state index is -4.37. The minimum Gasteiger partial charge on any atom is -0.462 e. The van der Waals surface area contributed by atoms with Crippen LogP contribution in [0.3, 0.4) is 0 Å². The van der Waals surface area contributed by atoms with Crippen LogP contribution in [-0.4, -0.2) is 74.9 Å². The summed E-state index contributed by atoms with van der Waals surface area (Å²) < 4.78 is 34.2. The van der Waals surface area contributed by atoms with E-state index in [4.69, 9.17) is 18.5 Å². The number of phosphoric acid groups is 1. The topological polar surface area (TPSA) is 108 Å². The lowest BCUT2D eigenvalue weighted by atomic mass is 10.0. The Morgan fingerprint density at radius 3 is 1.39 bits per heavy atom. The quantitative estimate of drug-likeness (QED) is 0.0212. The largest absolute Gasteiger partial charge is 0.472 e. The highest BCUT2D eigenvalue weighted by Crippen LogP contribution is 2.43. The molecule has 0 aliphatic carbocycles. The molecule has 0 aromatic rings. The van der Waals surface area contributed by atoms with E-state index in [2.05, 4.69) is 86.8 Å². The van der Waals surface area contributed by atoms with Crippen molar-refractivity contribution in [3.05, 3.63) is 72.9 Å². The molecule has 9 nitrogen and oxygen atoms in total. The van der Waals surface area contributed by atoms with E-state index in [1.807, 2.05) is 21.1 Å². The van der Waals surface area contributed by atoms with E-state index < -0.39 is 26.5 Å². The third kappa shape index (κ3) is 46.8. The number of hydrogen-bond donors (Lipinski definition) is 1. The summed E-state index contributed by atoms with van der Waals surface area (Å²) in [5.41, 5.74) is 0. The molecule has 0 aliphatic heterocycles. The van der Waals surface area contributed by atoms with Gasteiger partial charge in [0.15, 0.2) is 6.10 Å². The predicted octanol–water partition coefficient (Wildman–Crippen LogP) is 14.2. The predicted molar refractivity (Wildman–Crippen MR) is 256 cm³/mol. The van der Waals surface area contributed by atoms with Crippen LogP contribution >= 0.6 is 7.82 Å². The molecule has 2 atom stereocenters. The van der Waals surface area contributed by atoms with Crippen molar-refractivity contribution in [3.8, 4) is 0 Å². The molecule has 0 heterocycles. The van der Waals surface area contributed by atoms with Crippen LogP contribution in [0.15, 0.2) is 72.9 Å². The zero-order valence-corrected chi connectivity index (χ0v) is 40.5. The van der Waals surface area contributed by atoms with E-state index >= 15 is 0 Å². The average Bonchev–Trinajstić information content (AvgIpc) is 3.21. The number of allylic oxidation sites excluding steroid dienone is 12. The van der Waals surface area contributed by atoms with Crippen LogP contribution in [0.2, 0.25) is 0 Å². The zero-order chi connectivity index (χ0) is 45.0. The Bertz CT molecular complexity index is 1270. The Morgan fingerprint density at radius 2 is 0.934 bits per heavy atom. The van der Waals surface area contributed by atoms with Crippen molar-refractivity contribution in [3.63, 3.8) is 0 Å². The average molecular weight is 877 g/mol. The summed E-state index contributed by atoms with van der Waals surface area (Å²) in [4.78, 5) is 35.2. The van der Waals surface area contributed by atoms with Gasteiger partial charge in [0.1, 0.15) is 19.8 Å². The van der Waals surface area contributed by atoms with Gasteiger partial charge in [-0.3, -0.25) is 18.6 Å². The number of carbonyl (C=O) groups excluding carboxylic acids is 2. The molecule has 1 N–H and O–H groups in total. The smallest absolute Gasteiger partial charge is 0.462 e. The Labute approximate surface area is 374 Å². The first-order valence-electron chi connectivity index (χ1n) is 24.2. The molecule has 2 unspecified atom stereocenters. The molecule has 352 valence electrons. The molecular weight excluding hydrogens is 786 g/mol. The number of hydrogen-bond acceptors (Lipinski definition) is 7. The highest BCUT2D eigenvalue weighted by molar-refractivity contribution is 7.47. The molecule has 61 heavy (non-hydrogen) atoms. The van der Waals surface area contributed by atoms with Gasteiger partial charge in [-0.2, -0.15) is 0 Å². The molecule has 0 saturated carbocycles. The van der Waals surface area contributed by atoms with Crippen LogP contribution in [0, 0.1) is 0 Å². The highest BCUT2D eigenvalue weighted by Gasteiger charge is 2.27. The normalized spacial score (nSPS) is 14.1. The van der Waals surface area contributed by atoms with Crippen LogP contribution < -0.4 is 0 Å². The molecule has 0 saturated heterocycles. The van der Waals surface area contributed by atoms with E-state index in [-0.39, 0.29) is 32.0 Å².